The molecule has 2 aromatic rings. The summed E-state index contributed by atoms with van der Waals surface area (Å²) in [4.78, 5) is 32.0. The number of aromatic nitrogens is 3. The monoisotopic (exact) mass is 427 g/mol. The summed E-state index contributed by atoms with van der Waals surface area (Å²) < 4.78 is 7.16. The molecule has 4 rings (SSSR count). The van der Waals surface area contributed by atoms with E-state index in [2.05, 4.69) is 10.4 Å². The second-order valence-corrected chi connectivity index (χ2v) is 9.00. The Kier molecular flexibility index (Phi) is 6.16. The van der Waals surface area contributed by atoms with Crippen LogP contribution in [-0.2, 0) is 23.1 Å². The number of carbonyl (C=O) groups excluding carboxylic acids is 2. The number of amides is 2. The number of rotatable bonds is 7. The number of carbonyl (C=O) groups is 2. The summed E-state index contributed by atoms with van der Waals surface area (Å²) in [5, 5.41) is 8.37. The number of nitrogens with one attached hydrogen (secondary N) is 1. The maximum absolute atomic E-state index is 13.0. The van der Waals surface area contributed by atoms with Crippen molar-refractivity contribution in [3.8, 4) is 5.88 Å². The van der Waals surface area contributed by atoms with E-state index in [4.69, 9.17) is 9.72 Å². The third kappa shape index (κ3) is 4.52. The van der Waals surface area contributed by atoms with Gasteiger partial charge in [-0.15, -0.1) is 5.10 Å². The molecule has 2 amide bonds. The van der Waals surface area contributed by atoms with Crippen LogP contribution in [0.1, 0.15) is 48.9 Å². The molecule has 3 heterocycles. The third-order valence-electron chi connectivity index (χ3n) is 6.71. The van der Waals surface area contributed by atoms with Crippen molar-refractivity contribution in [2.75, 3.05) is 26.7 Å². The van der Waals surface area contributed by atoms with Crippen LogP contribution in [0.15, 0.2) is 0 Å². The smallest absolute Gasteiger partial charge is 0.242 e. The summed E-state index contributed by atoms with van der Waals surface area (Å²) in [5.41, 5.74) is 3.84. The number of likely N-dealkylation sites (tertiary alicyclic amines) is 1. The summed E-state index contributed by atoms with van der Waals surface area (Å²) in [6.07, 6.45) is 5.21. The van der Waals surface area contributed by atoms with Crippen molar-refractivity contribution in [1.82, 2.24) is 25.0 Å². The molecule has 2 aliphatic rings. The van der Waals surface area contributed by atoms with Gasteiger partial charge in [0, 0.05) is 38.8 Å². The number of aryl methyl sites for hydroxylation is 3. The van der Waals surface area contributed by atoms with E-state index in [1.165, 1.54) is 12.8 Å². The zero-order valence-corrected chi connectivity index (χ0v) is 19.0. The highest BCUT2D eigenvalue weighted by Crippen LogP contribution is 2.31. The fourth-order valence-electron chi connectivity index (χ4n) is 4.63. The lowest BCUT2D eigenvalue weighted by molar-refractivity contribution is -0.135. The van der Waals surface area contributed by atoms with Crippen molar-refractivity contribution < 1.29 is 14.3 Å². The van der Waals surface area contributed by atoms with E-state index in [1.54, 1.807) is 11.8 Å². The number of hydrogen-bond acceptors (Lipinski definition) is 5. The molecule has 8 heteroatoms. The van der Waals surface area contributed by atoms with Gasteiger partial charge in [0.1, 0.15) is 0 Å². The summed E-state index contributed by atoms with van der Waals surface area (Å²) in [6.45, 7) is 6.07. The second kappa shape index (κ2) is 8.85. The van der Waals surface area contributed by atoms with E-state index in [0.29, 0.717) is 31.2 Å². The number of ether oxygens (including phenoxy) is 1. The van der Waals surface area contributed by atoms with Gasteiger partial charge in [0.2, 0.25) is 17.7 Å². The van der Waals surface area contributed by atoms with Crippen LogP contribution in [0.25, 0.3) is 11.0 Å². The molecule has 0 spiro atoms. The van der Waals surface area contributed by atoms with Gasteiger partial charge in [-0.25, -0.2) is 9.67 Å². The number of nitrogens with zero attached hydrogens (tertiary/aromatic N) is 4. The Morgan fingerprint density at radius 3 is 2.71 bits per heavy atom. The topological polar surface area (TPSA) is 89.3 Å². The molecule has 2 aromatic heterocycles. The molecule has 1 atom stereocenters. The first-order valence-corrected chi connectivity index (χ1v) is 11.3. The molecule has 1 N–H and O–H groups in total. The Hall–Kier alpha value is -2.64. The zero-order valence-electron chi connectivity index (χ0n) is 19.0. The van der Waals surface area contributed by atoms with Gasteiger partial charge in [-0.2, -0.15) is 0 Å². The van der Waals surface area contributed by atoms with Crippen LogP contribution in [0, 0.1) is 25.7 Å². The lowest BCUT2D eigenvalue weighted by atomic mass is 9.95. The van der Waals surface area contributed by atoms with Gasteiger partial charge in [-0.05, 0) is 63.0 Å². The van der Waals surface area contributed by atoms with Crippen molar-refractivity contribution >= 4 is 22.8 Å². The molecule has 8 nitrogen and oxygen atoms in total. The predicted octanol–water partition coefficient (Wildman–Crippen LogP) is 2.29. The zero-order chi connectivity index (χ0) is 22.1. The van der Waals surface area contributed by atoms with Gasteiger partial charge in [0.15, 0.2) is 5.65 Å². The van der Waals surface area contributed by atoms with E-state index >= 15 is 0 Å². The Labute approximate surface area is 183 Å². The minimum absolute atomic E-state index is 0.0856. The SMILES string of the molecule is COc1nn(C)c2nc(C)c(CCC(=O)N3CCC[C@@H](C(=O)NCC4CC4)C3)c(C)c12. The average molecular weight is 428 g/mol. The minimum Gasteiger partial charge on any atom is -0.479 e. The molecule has 0 aromatic carbocycles. The first-order valence-electron chi connectivity index (χ1n) is 11.3. The van der Waals surface area contributed by atoms with Crippen molar-refractivity contribution in [3.63, 3.8) is 0 Å². The van der Waals surface area contributed by atoms with E-state index in [1.807, 2.05) is 25.8 Å². The van der Waals surface area contributed by atoms with Crippen LogP contribution in [0.4, 0.5) is 0 Å². The first kappa shape index (κ1) is 21.6. The van der Waals surface area contributed by atoms with Crippen molar-refractivity contribution in [2.24, 2.45) is 18.9 Å². The Morgan fingerprint density at radius 2 is 2.00 bits per heavy atom. The molecule has 0 bridgehead atoms. The number of fused-ring (bicyclic) bond motifs is 1. The highest BCUT2D eigenvalue weighted by molar-refractivity contribution is 5.86. The van der Waals surface area contributed by atoms with Crippen LogP contribution >= 0.6 is 0 Å². The molecule has 2 fully saturated rings. The van der Waals surface area contributed by atoms with Crippen LogP contribution in [-0.4, -0.2) is 58.2 Å². The van der Waals surface area contributed by atoms with Gasteiger partial charge in [-0.3, -0.25) is 9.59 Å². The fourth-order valence-corrected chi connectivity index (χ4v) is 4.63. The highest BCUT2D eigenvalue weighted by atomic mass is 16.5. The average Bonchev–Trinajstić information content (AvgIpc) is 3.54. The van der Waals surface area contributed by atoms with Crippen molar-refractivity contribution in [3.05, 3.63) is 16.8 Å². The summed E-state index contributed by atoms with van der Waals surface area (Å²) in [7, 11) is 3.46. The van der Waals surface area contributed by atoms with Crippen molar-refractivity contribution in [1.29, 1.82) is 0 Å². The molecule has 0 radical (unpaired) electrons. The second-order valence-electron chi connectivity index (χ2n) is 9.00. The largest absolute Gasteiger partial charge is 0.479 e. The van der Waals surface area contributed by atoms with E-state index < -0.39 is 0 Å². The van der Waals surface area contributed by atoms with Gasteiger partial charge in [0.05, 0.1) is 18.4 Å². The number of piperidine rings is 1. The number of hydrogen-bond donors (Lipinski definition) is 1. The molecule has 1 aliphatic carbocycles. The van der Waals surface area contributed by atoms with Crippen LogP contribution in [0.2, 0.25) is 0 Å². The van der Waals surface area contributed by atoms with Gasteiger partial charge in [-0.1, -0.05) is 0 Å². The summed E-state index contributed by atoms with van der Waals surface area (Å²) in [6, 6.07) is 0. The molecule has 168 valence electrons. The summed E-state index contributed by atoms with van der Waals surface area (Å²) >= 11 is 0. The lowest BCUT2D eigenvalue weighted by Gasteiger charge is -2.32. The molecule has 1 aliphatic heterocycles. The quantitative estimate of drug-likeness (QED) is 0.732. The highest BCUT2D eigenvalue weighted by Gasteiger charge is 2.30. The maximum atomic E-state index is 13.0. The van der Waals surface area contributed by atoms with Crippen LogP contribution in [0.5, 0.6) is 5.88 Å². The Morgan fingerprint density at radius 1 is 1.23 bits per heavy atom. The normalized spacial score (nSPS) is 19.0. The van der Waals surface area contributed by atoms with Gasteiger partial charge in [0.25, 0.3) is 0 Å². The number of methoxy groups -OCH3 is 1. The van der Waals surface area contributed by atoms with Gasteiger partial charge >= 0.3 is 0 Å². The van der Waals surface area contributed by atoms with E-state index in [9.17, 15) is 9.59 Å². The van der Waals surface area contributed by atoms with Gasteiger partial charge < -0.3 is 15.0 Å². The fraction of sp³-hybridized carbons (Fsp3) is 0.652. The van der Waals surface area contributed by atoms with Crippen LogP contribution in [0.3, 0.4) is 0 Å². The molecule has 0 unspecified atom stereocenters. The predicted molar refractivity (Wildman–Crippen MR) is 118 cm³/mol. The first-order chi connectivity index (χ1) is 14.9. The third-order valence-corrected chi connectivity index (χ3v) is 6.71. The maximum Gasteiger partial charge on any atom is 0.242 e. The van der Waals surface area contributed by atoms with Crippen molar-refractivity contribution in [2.45, 2.75) is 52.4 Å². The molecular formula is C23H33N5O3. The Balaban J connectivity index is 1.41. The summed E-state index contributed by atoms with van der Waals surface area (Å²) in [5.74, 6) is 1.36. The van der Waals surface area contributed by atoms with E-state index in [0.717, 1.165) is 53.8 Å². The molecule has 1 saturated heterocycles. The Bertz CT molecular complexity index is 995. The lowest BCUT2D eigenvalue weighted by Crippen LogP contribution is -2.45. The van der Waals surface area contributed by atoms with Crippen LogP contribution < -0.4 is 10.1 Å². The van der Waals surface area contributed by atoms with E-state index in [-0.39, 0.29) is 17.7 Å². The number of pyridine rings is 1. The molecular weight excluding hydrogens is 394 g/mol. The minimum atomic E-state index is -0.0856. The molecule has 31 heavy (non-hydrogen) atoms. The molecule has 1 saturated carbocycles. The standard InChI is InChI=1S/C23H33N5O3/c1-14-18(15(2)25-21-20(14)23(31-4)26-27(21)3)9-10-19(29)28-11-5-6-17(13-28)22(30)24-12-16-7-8-16/h16-17H,5-13H2,1-4H3,(H,24,30)/t17-/m1/s1.